The number of hydrogen-bond acceptors (Lipinski definition) is 3. The van der Waals surface area contributed by atoms with Crippen LogP contribution in [0.5, 0.6) is 0 Å². The molecule has 0 aromatic carbocycles. The van der Waals surface area contributed by atoms with E-state index in [1.54, 1.807) is 0 Å². The standard InChI is InChI=1S/C11H13BrO3/c1-6-2-3-7-8-5-14-10(15-8)9(13)11(7,12)4-6/h2,7-8,10H,3-5H2,1H3/t7?,8-,10-,11+/m1/s1. The van der Waals surface area contributed by atoms with Gasteiger partial charge in [-0.2, -0.15) is 0 Å². The monoisotopic (exact) mass is 272 g/mol. The fourth-order valence-electron chi connectivity index (χ4n) is 2.80. The van der Waals surface area contributed by atoms with Crippen molar-refractivity contribution in [2.24, 2.45) is 5.92 Å². The zero-order valence-electron chi connectivity index (χ0n) is 8.53. The Kier molecular flexibility index (Phi) is 2.10. The van der Waals surface area contributed by atoms with Crippen LogP contribution in [0.3, 0.4) is 0 Å². The summed E-state index contributed by atoms with van der Waals surface area (Å²) < 4.78 is 10.5. The fraction of sp³-hybridized carbons (Fsp3) is 0.727. The molecule has 1 unspecified atom stereocenters. The molecule has 2 saturated heterocycles. The summed E-state index contributed by atoms with van der Waals surface area (Å²) in [7, 11) is 0. The number of fused-ring (bicyclic) bond motifs is 4. The smallest absolute Gasteiger partial charge is 0.219 e. The summed E-state index contributed by atoms with van der Waals surface area (Å²) in [5.74, 6) is 0.293. The zero-order chi connectivity index (χ0) is 10.6. The van der Waals surface area contributed by atoms with Gasteiger partial charge in [0.25, 0.3) is 0 Å². The molecule has 0 saturated carbocycles. The van der Waals surface area contributed by atoms with Gasteiger partial charge in [-0.3, -0.25) is 4.79 Å². The second-order valence-electron chi connectivity index (χ2n) is 4.64. The number of hydrogen-bond donors (Lipinski definition) is 0. The number of alkyl halides is 1. The molecule has 82 valence electrons. The van der Waals surface area contributed by atoms with E-state index in [0.29, 0.717) is 6.61 Å². The van der Waals surface area contributed by atoms with Crippen LogP contribution >= 0.6 is 15.9 Å². The van der Waals surface area contributed by atoms with Crippen molar-refractivity contribution in [3.05, 3.63) is 11.6 Å². The maximum absolute atomic E-state index is 12.2. The van der Waals surface area contributed by atoms with Gasteiger partial charge < -0.3 is 9.47 Å². The van der Waals surface area contributed by atoms with Crippen LogP contribution in [0.25, 0.3) is 0 Å². The van der Waals surface area contributed by atoms with Crippen molar-refractivity contribution in [2.45, 2.75) is 36.5 Å². The number of halogens is 1. The van der Waals surface area contributed by atoms with E-state index in [-0.39, 0.29) is 17.8 Å². The number of carbonyl (C=O) groups is 1. The van der Waals surface area contributed by atoms with Gasteiger partial charge in [0, 0.05) is 5.92 Å². The Morgan fingerprint density at radius 3 is 3.20 bits per heavy atom. The SMILES string of the molecule is CC1=CCC2[C@H]3CO[C@H](O3)C(=O)[C@]2(Br)C1. The Hall–Kier alpha value is -0.190. The molecule has 3 aliphatic rings. The molecule has 0 amide bonds. The molecular formula is C11H13BrO3. The average molecular weight is 273 g/mol. The third-order valence-electron chi connectivity index (χ3n) is 3.63. The molecule has 3 nitrogen and oxygen atoms in total. The highest BCUT2D eigenvalue weighted by Gasteiger charge is 2.58. The fourth-order valence-corrected chi connectivity index (χ4v) is 3.92. The Morgan fingerprint density at radius 1 is 1.60 bits per heavy atom. The highest BCUT2D eigenvalue weighted by molar-refractivity contribution is 9.10. The number of allylic oxidation sites excluding steroid dienone is 2. The van der Waals surface area contributed by atoms with Crippen molar-refractivity contribution in [3.63, 3.8) is 0 Å². The first-order valence-corrected chi connectivity index (χ1v) is 6.06. The Morgan fingerprint density at radius 2 is 2.40 bits per heavy atom. The summed E-state index contributed by atoms with van der Waals surface area (Å²) in [5, 5.41) is 0. The van der Waals surface area contributed by atoms with Gasteiger partial charge >= 0.3 is 0 Å². The second kappa shape index (κ2) is 3.15. The minimum absolute atomic E-state index is 0.0636. The van der Waals surface area contributed by atoms with Crippen LogP contribution < -0.4 is 0 Å². The molecule has 0 aromatic heterocycles. The molecule has 4 atom stereocenters. The molecule has 2 aliphatic heterocycles. The summed E-state index contributed by atoms with van der Waals surface area (Å²) in [6.45, 7) is 2.63. The van der Waals surface area contributed by atoms with E-state index >= 15 is 0 Å². The number of ketones is 1. The predicted octanol–water partition coefficient (Wildman–Crippen LogP) is 1.80. The van der Waals surface area contributed by atoms with Crippen molar-refractivity contribution in [2.75, 3.05) is 6.61 Å². The quantitative estimate of drug-likeness (QED) is 0.498. The molecule has 0 aromatic rings. The van der Waals surface area contributed by atoms with E-state index in [9.17, 15) is 4.79 Å². The van der Waals surface area contributed by atoms with Gasteiger partial charge in [0.05, 0.1) is 17.0 Å². The summed E-state index contributed by atoms with van der Waals surface area (Å²) >= 11 is 3.65. The summed E-state index contributed by atoms with van der Waals surface area (Å²) in [4.78, 5) is 12.2. The van der Waals surface area contributed by atoms with Crippen molar-refractivity contribution >= 4 is 21.7 Å². The van der Waals surface area contributed by atoms with Gasteiger partial charge in [-0.1, -0.05) is 27.6 Å². The lowest BCUT2D eigenvalue weighted by Gasteiger charge is -2.43. The highest BCUT2D eigenvalue weighted by atomic mass is 79.9. The van der Waals surface area contributed by atoms with Crippen molar-refractivity contribution in [3.8, 4) is 0 Å². The first-order valence-electron chi connectivity index (χ1n) is 5.27. The molecule has 0 N–H and O–H groups in total. The Labute approximate surface area is 96.9 Å². The third kappa shape index (κ3) is 1.28. The largest absolute Gasteiger partial charge is 0.343 e. The lowest BCUT2D eigenvalue weighted by molar-refractivity contribution is -0.162. The van der Waals surface area contributed by atoms with Crippen LogP contribution in [0.2, 0.25) is 0 Å². The Bertz CT molecular complexity index is 352. The number of carbonyl (C=O) groups excluding carboxylic acids is 1. The van der Waals surface area contributed by atoms with E-state index in [2.05, 4.69) is 28.9 Å². The van der Waals surface area contributed by atoms with Crippen molar-refractivity contribution < 1.29 is 14.3 Å². The molecule has 2 fully saturated rings. The van der Waals surface area contributed by atoms with E-state index in [0.717, 1.165) is 12.8 Å². The van der Waals surface area contributed by atoms with Gasteiger partial charge in [-0.15, -0.1) is 0 Å². The lowest BCUT2D eigenvalue weighted by atomic mass is 9.73. The first-order chi connectivity index (χ1) is 7.11. The van der Waals surface area contributed by atoms with E-state index in [4.69, 9.17) is 9.47 Å². The zero-order valence-corrected chi connectivity index (χ0v) is 10.1. The molecule has 2 heterocycles. The van der Waals surface area contributed by atoms with Crippen LogP contribution in [0, 0.1) is 5.92 Å². The minimum atomic E-state index is -0.628. The van der Waals surface area contributed by atoms with E-state index in [1.165, 1.54) is 5.57 Å². The van der Waals surface area contributed by atoms with Gasteiger partial charge in [0.2, 0.25) is 12.1 Å². The van der Waals surface area contributed by atoms with Gasteiger partial charge in [-0.25, -0.2) is 0 Å². The maximum Gasteiger partial charge on any atom is 0.219 e. The van der Waals surface area contributed by atoms with Crippen LogP contribution in [0.15, 0.2) is 11.6 Å². The topological polar surface area (TPSA) is 35.5 Å². The molecule has 3 rings (SSSR count). The van der Waals surface area contributed by atoms with Crippen LogP contribution in [-0.2, 0) is 14.3 Å². The number of rotatable bonds is 0. The van der Waals surface area contributed by atoms with Gasteiger partial charge in [-0.05, 0) is 19.8 Å². The maximum atomic E-state index is 12.2. The second-order valence-corrected chi connectivity index (χ2v) is 6.05. The average Bonchev–Trinajstić information content (AvgIpc) is 2.61. The number of Topliss-reactive ketones (excluding diaryl/α,β-unsaturated/α-hetero) is 1. The van der Waals surface area contributed by atoms with Crippen LogP contribution in [-0.4, -0.2) is 29.1 Å². The molecule has 4 heteroatoms. The molecule has 15 heavy (non-hydrogen) atoms. The highest BCUT2D eigenvalue weighted by Crippen LogP contribution is 2.49. The summed E-state index contributed by atoms with van der Waals surface area (Å²) in [6.07, 6.45) is 3.35. The molecule has 2 bridgehead atoms. The van der Waals surface area contributed by atoms with Crippen molar-refractivity contribution in [1.82, 2.24) is 0 Å². The summed E-state index contributed by atoms with van der Waals surface area (Å²) in [5.41, 5.74) is 1.28. The van der Waals surface area contributed by atoms with E-state index in [1.807, 2.05) is 0 Å². The van der Waals surface area contributed by atoms with Crippen LogP contribution in [0.4, 0.5) is 0 Å². The molecular weight excluding hydrogens is 260 g/mol. The Balaban J connectivity index is 2.02. The number of ether oxygens (including phenoxy) is 2. The normalized spacial score (nSPS) is 48.8. The minimum Gasteiger partial charge on any atom is -0.343 e. The lowest BCUT2D eigenvalue weighted by Crippen LogP contribution is -2.55. The van der Waals surface area contributed by atoms with Gasteiger partial charge in [0.1, 0.15) is 0 Å². The van der Waals surface area contributed by atoms with Crippen LogP contribution in [0.1, 0.15) is 19.8 Å². The molecule has 1 aliphatic carbocycles. The molecule has 0 radical (unpaired) electrons. The molecule has 0 spiro atoms. The predicted molar refractivity (Wildman–Crippen MR) is 57.8 cm³/mol. The first kappa shape index (κ1) is 10.00. The van der Waals surface area contributed by atoms with E-state index < -0.39 is 10.6 Å². The third-order valence-corrected chi connectivity index (χ3v) is 4.89. The summed E-state index contributed by atoms with van der Waals surface area (Å²) in [6, 6.07) is 0. The van der Waals surface area contributed by atoms with Crippen molar-refractivity contribution in [1.29, 1.82) is 0 Å². The van der Waals surface area contributed by atoms with Gasteiger partial charge in [0.15, 0.2) is 0 Å².